The molecular formula is C14H18ClN3. The average molecular weight is 264 g/mol. The molecule has 2 rings (SSSR count). The maximum atomic E-state index is 6.11. The molecule has 1 N–H and O–H groups in total. The van der Waals surface area contributed by atoms with Crippen molar-refractivity contribution in [2.75, 3.05) is 5.32 Å². The molecule has 0 aliphatic rings. The molecule has 1 aromatic carbocycles. The van der Waals surface area contributed by atoms with Crippen LogP contribution in [0.2, 0.25) is 5.02 Å². The number of imidazole rings is 1. The molecular weight excluding hydrogens is 246 g/mol. The van der Waals surface area contributed by atoms with Crippen LogP contribution in [0.1, 0.15) is 25.3 Å². The minimum absolute atomic E-state index is 0.770. The third kappa shape index (κ3) is 2.85. The molecule has 0 bridgehead atoms. The van der Waals surface area contributed by atoms with Gasteiger partial charge >= 0.3 is 0 Å². The Bertz CT molecular complexity index is 520. The summed E-state index contributed by atoms with van der Waals surface area (Å²) in [6.45, 7) is 5.17. The molecule has 0 spiro atoms. The highest BCUT2D eigenvalue weighted by Crippen LogP contribution is 2.25. The standard InChI is InChI=1S/C14H18ClN3/c1-3-4-9-18-10-8-16-14(18)17-13-7-5-6-12(15)11(13)2/h5-8,10H,3-4,9H2,1-2H3,(H,16,17). The Labute approximate surface area is 113 Å². The van der Waals surface area contributed by atoms with Crippen molar-refractivity contribution in [2.45, 2.75) is 33.2 Å². The third-order valence-electron chi connectivity index (χ3n) is 2.98. The van der Waals surface area contributed by atoms with E-state index in [1.807, 2.05) is 37.5 Å². The van der Waals surface area contributed by atoms with E-state index < -0.39 is 0 Å². The first-order valence-electron chi connectivity index (χ1n) is 6.25. The number of hydrogen-bond acceptors (Lipinski definition) is 2. The Balaban J connectivity index is 2.18. The van der Waals surface area contributed by atoms with Crippen molar-refractivity contribution >= 4 is 23.2 Å². The van der Waals surface area contributed by atoms with E-state index in [0.29, 0.717) is 0 Å². The second-order valence-electron chi connectivity index (χ2n) is 4.34. The highest BCUT2D eigenvalue weighted by Gasteiger charge is 2.06. The van der Waals surface area contributed by atoms with Crippen molar-refractivity contribution in [3.05, 3.63) is 41.2 Å². The Kier molecular flexibility index (Phi) is 4.26. The van der Waals surface area contributed by atoms with Gasteiger partial charge in [0.05, 0.1) is 0 Å². The van der Waals surface area contributed by atoms with Crippen LogP contribution in [0.4, 0.5) is 11.6 Å². The van der Waals surface area contributed by atoms with Crippen LogP contribution in [0.15, 0.2) is 30.6 Å². The lowest BCUT2D eigenvalue weighted by Crippen LogP contribution is -2.04. The summed E-state index contributed by atoms with van der Waals surface area (Å²) in [6, 6.07) is 5.85. The van der Waals surface area contributed by atoms with Crippen LogP contribution in [0.25, 0.3) is 0 Å². The van der Waals surface area contributed by atoms with E-state index in [2.05, 4.69) is 21.8 Å². The lowest BCUT2D eigenvalue weighted by molar-refractivity contribution is 0.638. The molecule has 3 nitrogen and oxygen atoms in total. The van der Waals surface area contributed by atoms with E-state index in [4.69, 9.17) is 11.6 Å². The zero-order valence-electron chi connectivity index (χ0n) is 10.8. The van der Waals surface area contributed by atoms with Gasteiger partial charge < -0.3 is 9.88 Å². The van der Waals surface area contributed by atoms with Gasteiger partial charge in [-0.05, 0) is 31.0 Å². The van der Waals surface area contributed by atoms with Crippen LogP contribution >= 0.6 is 11.6 Å². The zero-order valence-corrected chi connectivity index (χ0v) is 11.5. The zero-order chi connectivity index (χ0) is 13.0. The van der Waals surface area contributed by atoms with Crippen molar-refractivity contribution < 1.29 is 0 Å². The summed E-state index contributed by atoms with van der Waals surface area (Å²) in [4.78, 5) is 4.34. The van der Waals surface area contributed by atoms with E-state index >= 15 is 0 Å². The Hall–Kier alpha value is -1.48. The normalized spacial score (nSPS) is 10.6. The minimum atomic E-state index is 0.770. The van der Waals surface area contributed by atoms with Crippen molar-refractivity contribution in [1.29, 1.82) is 0 Å². The molecule has 0 saturated heterocycles. The largest absolute Gasteiger partial charge is 0.325 e. The van der Waals surface area contributed by atoms with Gasteiger partial charge in [-0.2, -0.15) is 0 Å². The second-order valence-corrected chi connectivity index (χ2v) is 4.74. The van der Waals surface area contributed by atoms with Gasteiger partial charge in [-0.15, -0.1) is 0 Å². The molecule has 4 heteroatoms. The van der Waals surface area contributed by atoms with Crippen LogP contribution in [0.5, 0.6) is 0 Å². The van der Waals surface area contributed by atoms with E-state index in [1.54, 1.807) is 0 Å². The fraction of sp³-hybridized carbons (Fsp3) is 0.357. The molecule has 0 radical (unpaired) electrons. The van der Waals surface area contributed by atoms with Gasteiger partial charge in [-0.3, -0.25) is 0 Å². The van der Waals surface area contributed by atoms with Gasteiger partial charge in [-0.1, -0.05) is 31.0 Å². The highest BCUT2D eigenvalue weighted by atomic mass is 35.5. The van der Waals surface area contributed by atoms with Crippen molar-refractivity contribution in [3.63, 3.8) is 0 Å². The Morgan fingerprint density at radius 1 is 1.39 bits per heavy atom. The maximum Gasteiger partial charge on any atom is 0.207 e. The summed E-state index contributed by atoms with van der Waals surface area (Å²) in [6.07, 6.45) is 6.14. The average Bonchev–Trinajstić information content (AvgIpc) is 2.80. The molecule has 96 valence electrons. The van der Waals surface area contributed by atoms with Crippen LogP contribution in [0, 0.1) is 6.92 Å². The van der Waals surface area contributed by atoms with Crippen molar-refractivity contribution in [2.24, 2.45) is 0 Å². The summed E-state index contributed by atoms with van der Waals surface area (Å²) in [7, 11) is 0. The first kappa shape index (κ1) is 13.0. The molecule has 0 amide bonds. The number of unbranched alkanes of at least 4 members (excludes halogenated alkanes) is 1. The second kappa shape index (κ2) is 5.91. The maximum absolute atomic E-state index is 6.11. The fourth-order valence-corrected chi connectivity index (χ4v) is 1.98. The summed E-state index contributed by atoms with van der Waals surface area (Å²) in [5.74, 6) is 0.869. The van der Waals surface area contributed by atoms with Crippen LogP contribution < -0.4 is 5.32 Å². The number of hydrogen-bond donors (Lipinski definition) is 1. The summed E-state index contributed by atoms with van der Waals surface area (Å²) < 4.78 is 2.13. The van der Waals surface area contributed by atoms with Crippen LogP contribution in [-0.2, 0) is 6.54 Å². The van der Waals surface area contributed by atoms with Gasteiger partial charge in [-0.25, -0.2) is 4.98 Å². The van der Waals surface area contributed by atoms with Gasteiger partial charge in [0, 0.05) is 29.6 Å². The van der Waals surface area contributed by atoms with Gasteiger partial charge in [0.15, 0.2) is 0 Å². The SMILES string of the molecule is CCCCn1ccnc1Nc1cccc(Cl)c1C. The number of halogens is 1. The van der Waals surface area contributed by atoms with Crippen molar-refractivity contribution in [3.8, 4) is 0 Å². The fourth-order valence-electron chi connectivity index (χ4n) is 1.81. The number of nitrogens with zero attached hydrogens (tertiary/aromatic N) is 2. The summed E-state index contributed by atoms with van der Waals surface area (Å²) in [5, 5.41) is 4.11. The summed E-state index contributed by atoms with van der Waals surface area (Å²) >= 11 is 6.11. The number of benzene rings is 1. The lowest BCUT2D eigenvalue weighted by Gasteiger charge is -2.12. The number of anilines is 2. The minimum Gasteiger partial charge on any atom is -0.325 e. The monoisotopic (exact) mass is 263 g/mol. The molecule has 0 saturated carbocycles. The number of aryl methyl sites for hydroxylation is 1. The molecule has 18 heavy (non-hydrogen) atoms. The molecule has 0 unspecified atom stereocenters. The van der Waals surface area contributed by atoms with E-state index in [-0.39, 0.29) is 0 Å². The smallest absolute Gasteiger partial charge is 0.207 e. The van der Waals surface area contributed by atoms with E-state index in [9.17, 15) is 0 Å². The van der Waals surface area contributed by atoms with Gasteiger partial charge in [0.25, 0.3) is 0 Å². The quantitative estimate of drug-likeness (QED) is 0.867. The first-order valence-corrected chi connectivity index (χ1v) is 6.63. The van der Waals surface area contributed by atoms with Crippen molar-refractivity contribution in [1.82, 2.24) is 9.55 Å². The number of nitrogens with one attached hydrogen (secondary N) is 1. The first-order chi connectivity index (χ1) is 8.72. The Morgan fingerprint density at radius 2 is 2.22 bits per heavy atom. The number of aromatic nitrogens is 2. The number of rotatable bonds is 5. The molecule has 1 heterocycles. The topological polar surface area (TPSA) is 29.9 Å². The molecule has 0 aliphatic carbocycles. The molecule has 0 aliphatic heterocycles. The Morgan fingerprint density at radius 3 is 3.00 bits per heavy atom. The van der Waals surface area contributed by atoms with Gasteiger partial charge in [0.1, 0.15) is 0 Å². The highest BCUT2D eigenvalue weighted by molar-refractivity contribution is 6.31. The molecule has 2 aromatic rings. The molecule has 1 aromatic heterocycles. The van der Waals surface area contributed by atoms with Crippen LogP contribution in [-0.4, -0.2) is 9.55 Å². The molecule has 0 fully saturated rings. The summed E-state index contributed by atoms with van der Waals surface area (Å²) in [5.41, 5.74) is 2.05. The lowest BCUT2D eigenvalue weighted by atomic mass is 10.2. The van der Waals surface area contributed by atoms with E-state index in [1.165, 1.54) is 6.42 Å². The molecule has 0 atom stereocenters. The predicted molar refractivity (Wildman–Crippen MR) is 76.6 cm³/mol. The van der Waals surface area contributed by atoms with Crippen LogP contribution in [0.3, 0.4) is 0 Å². The third-order valence-corrected chi connectivity index (χ3v) is 3.39. The predicted octanol–water partition coefficient (Wildman–Crippen LogP) is 4.39. The van der Waals surface area contributed by atoms with E-state index in [0.717, 1.165) is 35.2 Å². The van der Waals surface area contributed by atoms with Gasteiger partial charge in [0.2, 0.25) is 5.95 Å².